The van der Waals surface area contributed by atoms with E-state index in [1.54, 1.807) is 36.4 Å². The average molecular weight is 411 g/mol. The highest BCUT2D eigenvalue weighted by atomic mass is 35.5. The van der Waals surface area contributed by atoms with Crippen molar-refractivity contribution in [3.63, 3.8) is 0 Å². The molecule has 2 aromatic carbocycles. The zero-order valence-corrected chi connectivity index (χ0v) is 16.0. The minimum Gasteiger partial charge on any atom is -0.482 e. The predicted molar refractivity (Wildman–Crippen MR) is 102 cm³/mol. The second-order valence-electron chi connectivity index (χ2n) is 5.81. The molecule has 0 spiro atoms. The molecule has 9 heteroatoms. The summed E-state index contributed by atoms with van der Waals surface area (Å²) in [6.45, 7) is 1.11. The largest absolute Gasteiger partial charge is 0.482 e. The number of nitrogens with one attached hydrogen (secondary N) is 1. The number of benzene rings is 2. The average Bonchev–Trinajstić information content (AvgIpc) is 2.68. The van der Waals surface area contributed by atoms with E-state index in [1.807, 2.05) is 0 Å². The number of nitrogens with zero attached hydrogens (tertiary/aromatic N) is 1. The second-order valence-corrected chi connectivity index (χ2v) is 8.16. The number of para-hydroxylation sites is 1. The fourth-order valence-electron chi connectivity index (χ4n) is 2.57. The van der Waals surface area contributed by atoms with Gasteiger partial charge in [0.2, 0.25) is 10.0 Å². The summed E-state index contributed by atoms with van der Waals surface area (Å²) < 4.78 is 37.3. The molecule has 1 fully saturated rings. The first-order chi connectivity index (χ1) is 13.0. The van der Waals surface area contributed by atoms with Crippen LogP contribution in [0.25, 0.3) is 0 Å². The SMILES string of the molecule is O=C(COc1ccccc1Cl)Nc1cccc(S(=O)(=O)N2CCOCC2)c1. The van der Waals surface area contributed by atoms with Gasteiger partial charge in [0.25, 0.3) is 5.91 Å². The number of morpholine rings is 1. The van der Waals surface area contributed by atoms with Crippen LogP contribution in [0.5, 0.6) is 5.75 Å². The molecule has 0 atom stereocenters. The Morgan fingerprint density at radius 3 is 2.63 bits per heavy atom. The van der Waals surface area contributed by atoms with E-state index in [9.17, 15) is 13.2 Å². The summed E-state index contributed by atoms with van der Waals surface area (Å²) >= 11 is 5.98. The molecule has 1 heterocycles. The van der Waals surface area contributed by atoms with E-state index in [4.69, 9.17) is 21.1 Å². The molecule has 0 radical (unpaired) electrons. The Morgan fingerprint density at radius 1 is 1.15 bits per heavy atom. The zero-order chi connectivity index (χ0) is 19.3. The lowest BCUT2D eigenvalue weighted by Crippen LogP contribution is -2.40. The van der Waals surface area contributed by atoms with Crippen LogP contribution in [0.2, 0.25) is 5.02 Å². The van der Waals surface area contributed by atoms with Crippen molar-refractivity contribution in [1.82, 2.24) is 4.31 Å². The lowest BCUT2D eigenvalue weighted by Gasteiger charge is -2.26. The first-order valence-electron chi connectivity index (χ1n) is 8.32. The number of hydrogen-bond donors (Lipinski definition) is 1. The highest BCUT2D eigenvalue weighted by Gasteiger charge is 2.26. The quantitative estimate of drug-likeness (QED) is 0.790. The molecule has 7 nitrogen and oxygen atoms in total. The maximum Gasteiger partial charge on any atom is 0.262 e. The van der Waals surface area contributed by atoms with Crippen molar-refractivity contribution in [1.29, 1.82) is 0 Å². The number of carbonyl (C=O) groups excluding carboxylic acids is 1. The zero-order valence-electron chi connectivity index (χ0n) is 14.4. The van der Waals surface area contributed by atoms with Crippen LogP contribution in [0.1, 0.15) is 0 Å². The van der Waals surface area contributed by atoms with Crippen molar-refractivity contribution in [2.45, 2.75) is 4.90 Å². The summed E-state index contributed by atoms with van der Waals surface area (Å²) in [5, 5.41) is 3.04. The molecule has 1 saturated heterocycles. The van der Waals surface area contributed by atoms with Gasteiger partial charge in [0.15, 0.2) is 6.61 Å². The van der Waals surface area contributed by atoms with Crippen molar-refractivity contribution in [2.24, 2.45) is 0 Å². The standard InChI is InChI=1S/C18H19ClN2O5S/c19-16-6-1-2-7-17(16)26-13-18(22)20-14-4-3-5-15(12-14)27(23,24)21-8-10-25-11-9-21/h1-7,12H,8-11,13H2,(H,20,22). The van der Waals surface area contributed by atoms with Crippen molar-refractivity contribution in [3.8, 4) is 5.75 Å². The monoisotopic (exact) mass is 410 g/mol. The van der Waals surface area contributed by atoms with Gasteiger partial charge in [-0.15, -0.1) is 0 Å². The van der Waals surface area contributed by atoms with Crippen LogP contribution in [0.3, 0.4) is 0 Å². The number of carbonyl (C=O) groups is 1. The van der Waals surface area contributed by atoms with Crippen molar-refractivity contribution < 1.29 is 22.7 Å². The molecule has 1 amide bonds. The van der Waals surface area contributed by atoms with Crippen molar-refractivity contribution in [3.05, 3.63) is 53.6 Å². The number of amides is 1. The molecule has 0 saturated carbocycles. The Kier molecular flexibility index (Phi) is 6.33. The van der Waals surface area contributed by atoms with Crippen LogP contribution < -0.4 is 10.1 Å². The highest BCUT2D eigenvalue weighted by molar-refractivity contribution is 7.89. The van der Waals surface area contributed by atoms with E-state index >= 15 is 0 Å². The van der Waals surface area contributed by atoms with Gasteiger partial charge in [-0.2, -0.15) is 4.31 Å². The molecule has 1 aliphatic heterocycles. The minimum atomic E-state index is -3.63. The molecular weight excluding hydrogens is 392 g/mol. The minimum absolute atomic E-state index is 0.120. The maximum atomic E-state index is 12.7. The molecular formula is C18H19ClN2O5S. The first kappa shape index (κ1) is 19.6. The van der Waals surface area contributed by atoms with E-state index in [2.05, 4.69) is 5.32 Å². The number of anilines is 1. The summed E-state index contributed by atoms with van der Waals surface area (Å²) in [4.78, 5) is 12.2. The van der Waals surface area contributed by atoms with E-state index < -0.39 is 15.9 Å². The fourth-order valence-corrected chi connectivity index (χ4v) is 4.22. The number of ether oxygens (including phenoxy) is 2. The lowest BCUT2D eigenvalue weighted by atomic mass is 10.3. The van der Waals surface area contributed by atoms with Crippen LogP contribution in [0, 0.1) is 0 Å². The van der Waals surface area contributed by atoms with Crippen molar-refractivity contribution in [2.75, 3.05) is 38.2 Å². The topological polar surface area (TPSA) is 84.9 Å². The van der Waals surface area contributed by atoms with Gasteiger partial charge >= 0.3 is 0 Å². The normalized spacial score (nSPS) is 15.3. The Balaban J connectivity index is 1.65. The van der Waals surface area contributed by atoms with Gasteiger partial charge in [-0.1, -0.05) is 29.8 Å². The third-order valence-corrected chi connectivity index (χ3v) is 6.13. The van der Waals surface area contributed by atoms with E-state index in [0.717, 1.165) is 0 Å². The lowest BCUT2D eigenvalue weighted by molar-refractivity contribution is -0.118. The molecule has 0 unspecified atom stereocenters. The van der Waals surface area contributed by atoms with E-state index in [-0.39, 0.29) is 11.5 Å². The van der Waals surface area contributed by atoms with Crippen LogP contribution in [0.15, 0.2) is 53.4 Å². The maximum absolute atomic E-state index is 12.7. The summed E-state index contributed by atoms with van der Waals surface area (Å²) in [7, 11) is -3.63. The molecule has 3 rings (SSSR count). The predicted octanol–water partition coefficient (Wildman–Crippen LogP) is 2.38. The Bertz CT molecular complexity index is 913. The van der Waals surface area contributed by atoms with Crippen LogP contribution in [0.4, 0.5) is 5.69 Å². The van der Waals surface area contributed by atoms with Gasteiger partial charge in [-0.25, -0.2) is 8.42 Å². The Morgan fingerprint density at radius 2 is 1.89 bits per heavy atom. The third-order valence-electron chi connectivity index (χ3n) is 3.92. The summed E-state index contributed by atoms with van der Waals surface area (Å²) in [5.74, 6) is -0.0196. The van der Waals surface area contributed by atoms with Gasteiger partial charge in [-0.3, -0.25) is 4.79 Å². The van der Waals surface area contributed by atoms with Crippen LogP contribution in [-0.2, 0) is 19.6 Å². The summed E-state index contributed by atoms with van der Waals surface area (Å²) in [5.41, 5.74) is 0.372. The van der Waals surface area contributed by atoms with Gasteiger partial charge in [-0.05, 0) is 30.3 Å². The number of rotatable bonds is 6. The van der Waals surface area contributed by atoms with Crippen LogP contribution in [-0.4, -0.2) is 51.5 Å². The molecule has 0 aliphatic carbocycles. The third kappa shape index (κ3) is 4.98. The van der Waals surface area contributed by atoms with Gasteiger partial charge in [0, 0.05) is 18.8 Å². The van der Waals surface area contributed by atoms with Crippen LogP contribution >= 0.6 is 11.6 Å². The number of sulfonamides is 1. The molecule has 1 aliphatic rings. The van der Waals surface area contributed by atoms with Gasteiger partial charge in [0.1, 0.15) is 5.75 Å². The molecule has 144 valence electrons. The fraction of sp³-hybridized carbons (Fsp3) is 0.278. The van der Waals surface area contributed by atoms with E-state index in [0.29, 0.717) is 42.8 Å². The second kappa shape index (κ2) is 8.71. The Labute approximate surface area is 162 Å². The molecule has 27 heavy (non-hydrogen) atoms. The van der Waals surface area contributed by atoms with Gasteiger partial charge < -0.3 is 14.8 Å². The molecule has 2 aromatic rings. The smallest absolute Gasteiger partial charge is 0.262 e. The summed E-state index contributed by atoms with van der Waals surface area (Å²) in [6, 6.07) is 13.0. The van der Waals surface area contributed by atoms with Gasteiger partial charge in [0.05, 0.1) is 23.1 Å². The highest BCUT2D eigenvalue weighted by Crippen LogP contribution is 2.23. The molecule has 0 bridgehead atoms. The number of hydrogen-bond acceptors (Lipinski definition) is 5. The number of halogens is 1. The first-order valence-corrected chi connectivity index (χ1v) is 10.1. The molecule has 1 N–H and O–H groups in total. The molecule has 0 aromatic heterocycles. The van der Waals surface area contributed by atoms with E-state index in [1.165, 1.54) is 16.4 Å². The Hall–Kier alpha value is -2.13. The summed E-state index contributed by atoms with van der Waals surface area (Å²) in [6.07, 6.45) is 0. The van der Waals surface area contributed by atoms with Crippen molar-refractivity contribution >= 4 is 33.2 Å².